The molecule has 0 saturated heterocycles. The van der Waals surface area contributed by atoms with Gasteiger partial charge in [0, 0.05) is 20.1 Å². The van der Waals surface area contributed by atoms with Crippen LogP contribution in [0.1, 0.15) is 58.3 Å². The molecule has 0 aromatic rings. The van der Waals surface area contributed by atoms with E-state index in [-0.39, 0.29) is 24.0 Å². The molecule has 1 aliphatic carbocycles. The molecule has 1 aliphatic rings. The molecule has 108 valence electrons. The minimum atomic E-state index is 0. The smallest absolute Gasteiger partial charge is 0.190 e. The van der Waals surface area contributed by atoms with Crippen LogP contribution in [0.2, 0.25) is 0 Å². The van der Waals surface area contributed by atoms with Crippen molar-refractivity contribution in [3.63, 3.8) is 0 Å². The zero-order chi connectivity index (χ0) is 12.3. The van der Waals surface area contributed by atoms with Crippen molar-refractivity contribution in [1.82, 2.24) is 10.6 Å². The highest BCUT2D eigenvalue weighted by Gasteiger charge is 2.13. The van der Waals surface area contributed by atoms with Gasteiger partial charge in [-0.15, -0.1) is 24.0 Å². The molecule has 2 N–H and O–H groups in total. The van der Waals surface area contributed by atoms with Crippen LogP contribution in [0.25, 0.3) is 0 Å². The largest absolute Gasteiger partial charge is 0.356 e. The molecule has 4 heteroatoms. The van der Waals surface area contributed by atoms with E-state index in [9.17, 15) is 0 Å². The van der Waals surface area contributed by atoms with Crippen molar-refractivity contribution in [2.45, 2.75) is 58.3 Å². The van der Waals surface area contributed by atoms with Crippen molar-refractivity contribution in [3.05, 3.63) is 0 Å². The van der Waals surface area contributed by atoms with E-state index in [1.807, 2.05) is 7.05 Å². The van der Waals surface area contributed by atoms with Crippen LogP contribution in [0.4, 0.5) is 0 Å². The van der Waals surface area contributed by atoms with Crippen LogP contribution in [0.5, 0.6) is 0 Å². The molecule has 18 heavy (non-hydrogen) atoms. The second-order valence-electron chi connectivity index (χ2n) is 5.07. The van der Waals surface area contributed by atoms with Gasteiger partial charge in [0.05, 0.1) is 0 Å². The molecule has 1 rings (SSSR count). The molecule has 0 spiro atoms. The fourth-order valence-electron chi connectivity index (χ4n) is 2.50. The molecule has 0 aromatic heterocycles. The van der Waals surface area contributed by atoms with Gasteiger partial charge >= 0.3 is 0 Å². The lowest BCUT2D eigenvalue weighted by Crippen LogP contribution is -2.38. The van der Waals surface area contributed by atoms with Crippen molar-refractivity contribution < 1.29 is 0 Å². The van der Waals surface area contributed by atoms with Gasteiger partial charge < -0.3 is 10.6 Å². The summed E-state index contributed by atoms with van der Waals surface area (Å²) < 4.78 is 0. The third-order valence-corrected chi connectivity index (χ3v) is 3.60. The summed E-state index contributed by atoms with van der Waals surface area (Å²) in [4.78, 5) is 4.22. The quantitative estimate of drug-likeness (QED) is 0.313. The van der Waals surface area contributed by atoms with Crippen LogP contribution in [-0.2, 0) is 0 Å². The summed E-state index contributed by atoms with van der Waals surface area (Å²) in [7, 11) is 1.85. The van der Waals surface area contributed by atoms with E-state index in [4.69, 9.17) is 0 Å². The Kier molecular flexibility index (Phi) is 12.1. The summed E-state index contributed by atoms with van der Waals surface area (Å²) in [6, 6.07) is 0. The van der Waals surface area contributed by atoms with Gasteiger partial charge in [-0.1, -0.05) is 39.0 Å². The Morgan fingerprint density at radius 2 is 1.72 bits per heavy atom. The molecule has 0 aromatic carbocycles. The average Bonchev–Trinajstić information content (AvgIpc) is 2.85. The number of guanidine groups is 1. The molecule has 0 amide bonds. The van der Waals surface area contributed by atoms with E-state index < -0.39 is 0 Å². The fourth-order valence-corrected chi connectivity index (χ4v) is 2.50. The van der Waals surface area contributed by atoms with Gasteiger partial charge in [0.2, 0.25) is 0 Å². The summed E-state index contributed by atoms with van der Waals surface area (Å²) in [5.41, 5.74) is 0. The van der Waals surface area contributed by atoms with Crippen molar-refractivity contribution in [1.29, 1.82) is 0 Å². The Hall–Kier alpha value is 0. The van der Waals surface area contributed by atoms with Crippen LogP contribution in [0.15, 0.2) is 4.99 Å². The molecular weight excluding hydrogens is 337 g/mol. The van der Waals surface area contributed by atoms with Crippen molar-refractivity contribution in [3.8, 4) is 0 Å². The number of rotatable bonds is 7. The minimum Gasteiger partial charge on any atom is -0.356 e. The van der Waals surface area contributed by atoms with E-state index in [1.54, 1.807) is 0 Å². The molecule has 1 saturated carbocycles. The Morgan fingerprint density at radius 3 is 2.28 bits per heavy atom. The minimum absolute atomic E-state index is 0. The summed E-state index contributed by atoms with van der Waals surface area (Å²) in [5.74, 6) is 1.97. The highest BCUT2D eigenvalue weighted by Crippen LogP contribution is 2.28. The third kappa shape index (κ3) is 8.16. The van der Waals surface area contributed by atoms with Gasteiger partial charge in [0.25, 0.3) is 0 Å². The first-order valence-electron chi connectivity index (χ1n) is 7.31. The first-order valence-corrected chi connectivity index (χ1v) is 7.31. The number of hydrogen-bond acceptors (Lipinski definition) is 1. The Bertz CT molecular complexity index is 213. The maximum atomic E-state index is 4.22. The van der Waals surface area contributed by atoms with E-state index in [1.165, 1.54) is 51.4 Å². The summed E-state index contributed by atoms with van der Waals surface area (Å²) in [6.45, 7) is 4.29. The molecule has 0 unspecified atom stereocenters. The molecule has 3 nitrogen and oxygen atoms in total. The number of nitrogens with one attached hydrogen (secondary N) is 2. The zero-order valence-electron chi connectivity index (χ0n) is 12.0. The summed E-state index contributed by atoms with van der Waals surface area (Å²) in [6.07, 6.45) is 10.9. The van der Waals surface area contributed by atoms with Gasteiger partial charge in [0.15, 0.2) is 5.96 Å². The summed E-state index contributed by atoms with van der Waals surface area (Å²) in [5, 5.41) is 6.73. The Labute approximate surface area is 130 Å². The highest BCUT2D eigenvalue weighted by atomic mass is 127. The second kappa shape index (κ2) is 12.1. The lowest BCUT2D eigenvalue weighted by atomic mass is 10.0. The van der Waals surface area contributed by atoms with E-state index in [0.717, 1.165) is 25.0 Å². The van der Waals surface area contributed by atoms with E-state index in [0.29, 0.717) is 0 Å². The predicted molar refractivity (Wildman–Crippen MR) is 90.9 cm³/mol. The molecule has 0 heterocycles. The average molecular weight is 367 g/mol. The van der Waals surface area contributed by atoms with Crippen LogP contribution >= 0.6 is 24.0 Å². The second-order valence-corrected chi connectivity index (χ2v) is 5.07. The predicted octanol–water partition coefficient (Wildman–Crippen LogP) is 3.54. The number of nitrogens with zero attached hydrogens (tertiary/aromatic N) is 1. The molecule has 0 atom stereocenters. The van der Waals surface area contributed by atoms with Gasteiger partial charge in [-0.2, -0.15) is 0 Å². The van der Waals surface area contributed by atoms with Gasteiger partial charge in [-0.05, 0) is 25.2 Å². The molecule has 0 radical (unpaired) electrons. The van der Waals surface area contributed by atoms with Crippen molar-refractivity contribution >= 4 is 29.9 Å². The lowest BCUT2D eigenvalue weighted by Gasteiger charge is -2.13. The number of halogens is 1. The highest BCUT2D eigenvalue weighted by molar-refractivity contribution is 14.0. The van der Waals surface area contributed by atoms with Crippen LogP contribution in [-0.4, -0.2) is 26.1 Å². The number of aliphatic imine (C=N–C) groups is 1. The van der Waals surface area contributed by atoms with Gasteiger partial charge in [0.1, 0.15) is 0 Å². The molecule has 1 fully saturated rings. The SMILES string of the molecule is CCCCNC(=NC)NCCCC1CCCC1.I. The standard InChI is InChI=1S/C14H29N3.HI/c1-3-4-11-16-14(15-2)17-12-7-10-13-8-5-6-9-13;/h13H,3-12H2,1-2H3,(H2,15,16,17);1H. The van der Waals surface area contributed by atoms with Gasteiger partial charge in [-0.3, -0.25) is 4.99 Å². The lowest BCUT2D eigenvalue weighted by molar-refractivity contribution is 0.481. The number of unbranched alkanes of at least 4 members (excludes halogenated alkanes) is 1. The van der Waals surface area contributed by atoms with Crippen molar-refractivity contribution in [2.75, 3.05) is 20.1 Å². The van der Waals surface area contributed by atoms with E-state index in [2.05, 4.69) is 22.5 Å². The topological polar surface area (TPSA) is 36.4 Å². The fraction of sp³-hybridized carbons (Fsp3) is 0.929. The molecule has 0 bridgehead atoms. The van der Waals surface area contributed by atoms with Crippen LogP contribution < -0.4 is 10.6 Å². The van der Waals surface area contributed by atoms with Crippen LogP contribution in [0, 0.1) is 5.92 Å². The first kappa shape index (κ1) is 18.0. The Balaban J connectivity index is 0.00000289. The first-order chi connectivity index (χ1) is 8.36. The summed E-state index contributed by atoms with van der Waals surface area (Å²) >= 11 is 0. The van der Waals surface area contributed by atoms with Crippen molar-refractivity contribution in [2.24, 2.45) is 10.9 Å². The molecular formula is C14H30IN3. The maximum absolute atomic E-state index is 4.22. The monoisotopic (exact) mass is 367 g/mol. The van der Waals surface area contributed by atoms with Crippen LogP contribution in [0.3, 0.4) is 0 Å². The van der Waals surface area contributed by atoms with E-state index >= 15 is 0 Å². The zero-order valence-corrected chi connectivity index (χ0v) is 14.3. The van der Waals surface area contributed by atoms with Gasteiger partial charge in [-0.25, -0.2) is 0 Å². The number of hydrogen-bond donors (Lipinski definition) is 2. The maximum Gasteiger partial charge on any atom is 0.190 e. The Morgan fingerprint density at radius 1 is 1.11 bits per heavy atom. The third-order valence-electron chi connectivity index (χ3n) is 3.60. The molecule has 0 aliphatic heterocycles. The normalized spacial score (nSPS) is 16.4.